The number of carbonyl (C=O) groups excluding carboxylic acids is 1. The Bertz CT molecular complexity index is 1020. The SMILES string of the molecule is CS(=O)(=O)c1cccc(Nc2nc(NC3CCC(O)CC3)c(Cl)nc2C(N)=O)c1. The summed E-state index contributed by atoms with van der Waals surface area (Å²) in [5.41, 5.74) is 5.64. The molecule has 1 aromatic heterocycles. The van der Waals surface area contributed by atoms with Gasteiger partial charge in [0.2, 0.25) is 0 Å². The Morgan fingerprint density at radius 3 is 2.52 bits per heavy atom. The second-order valence-electron chi connectivity index (χ2n) is 7.00. The number of amides is 1. The number of aliphatic hydroxyl groups excluding tert-OH is 1. The lowest BCUT2D eigenvalue weighted by Crippen LogP contribution is -2.29. The second-order valence-corrected chi connectivity index (χ2v) is 9.37. The van der Waals surface area contributed by atoms with Crippen molar-refractivity contribution in [3.05, 3.63) is 35.1 Å². The molecule has 0 unspecified atom stereocenters. The summed E-state index contributed by atoms with van der Waals surface area (Å²) in [6.45, 7) is 0. The largest absolute Gasteiger partial charge is 0.393 e. The molecule has 0 atom stereocenters. The molecule has 3 rings (SSSR count). The molecule has 0 saturated heterocycles. The van der Waals surface area contributed by atoms with Crippen LogP contribution in [0.25, 0.3) is 0 Å². The zero-order valence-electron chi connectivity index (χ0n) is 15.7. The Kier molecular flexibility index (Phi) is 6.25. The number of hydrogen-bond donors (Lipinski definition) is 4. The summed E-state index contributed by atoms with van der Waals surface area (Å²) in [4.78, 5) is 20.3. The van der Waals surface area contributed by atoms with Crippen molar-refractivity contribution in [3.8, 4) is 0 Å². The summed E-state index contributed by atoms with van der Waals surface area (Å²) >= 11 is 6.18. The fourth-order valence-electron chi connectivity index (χ4n) is 3.12. The highest BCUT2D eigenvalue weighted by atomic mass is 35.5. The molecule has 1 aliphatic carbocycles. The molecular formula is C18H22ClN5O4S. The molecule has 0 radical (unpaired) electrons. The van der Waals surface area contributed by atoms with Gasteiger partial charge < -0.3 is 21.5 Å². The van der Waals surface area contributed by atoms with Gasteiger partial charge in [0.1, 0.15) is 0 Å². The molecule has 1 amide bonds. The minimum absolute atomic E-state index is 0.000332. The predicted molar refractivity (Wildman–Crippen MR) is 110 cm³/mol. The van der Waals surface area contributed by atoms with Gasteiger partial charge >= 0.3 is 0 Å². The topological polar surface area (TPSA) is 147 Å². The lowest BCUT2D eigenvalue weighted by atomic mass is 9.93. The molecular weight excluding hydrogens is 418 g/mol. The molecule has 1 fully saturated rings. The number of hydrogen-bond acceptors (Lipinski definition) is 8. The zero-order chi connectivity index (χ0) is 21.2. The number of aliphatic hydroxyl groups is 1. The lowest BCUT2D eigenvalue weighted by molar-refractivity contribution is 0.0996. The summed E-state index contributed by atoms with van der Waals surface area (Å²) < 4.78 is 23.6. The summed E-state index contributed by atoms with van der Waals surface area (Å²) in [5, 5.41) is 15.7. The van der Waals surface area contributed by atoms with Crippen molar-refractivity contribution in [3.63, 3.8) is 0 Å². The third-order valence-electron chi connectivity index (χ3n) is 4.65. The monoisotopic (exact) mass is 439 g/mol. The molecule has 1 saturated carbocycles. The maximum atomic E-state index is 11.8. The van der Waals surface area contributed by atoms with E-state index in [0.29, 0.717) is 18.5 Å². The van der Waals surface area contributed by atoms with Gasteiger partial charge in [-0.15, -0.1) is 0 Å². The fraction of sp³-hybridized carbons (Fsp3) is 0.389. The molecule has 2 aromatic rings. The number of nitrogens with zero attached hydrogens (tertiary/aromatic N) is 2. The van der Waals surface area contributed by atoms with Crippen LogP contribution in [-0.2, 0) is 9.84 Å². The lowest BCUT2D eigenvalue weighted by Gasteiger charge is -2.27. The van der Waals surface area contributed by atoms with Crippen LogP contribution in [0.1, 0.15) is 36.2 Å². The van der Waals surface area contributed by atoms with Crippen LogP contribution in [0.4, 0.5) is 17.3 Å². The van der Waals surface area contributed by atoms with Crippen LogP contribution in [0.3, 0.4) is 0 Å². The highest BCUT2D eigenvalue weighted by Crippen LogP contribution is 2.28. The number of primary amides is 1. The van der Waals surface area contributed by atoms with Gasteiger partial charge in [-0.3, -0.25) is 4.79 Å². The molecule has 1 aromatic carbocycles. The zero-order valence-corrected chi connectivity index (χ0v) is 17.3. The summed E-state index contributed by atoms with van der Waals surface area (Å²) in [5.74, 6) is -0.487. The number of carbonyl (C=O) groups is 1. The van der Waals surface area contributed by atoms with Crippen LogP contribution in [0.15, 0.2) is 29.2 Å². The van der Waals surface area contributed by atoms with Crippen molar-refractivity contribution >= 4 is 44.7 Å². The smallest absolute Gasteiger partial charge is 0.271 e. The standard InChI is InChI=1S/C18H22ClN5O4S/c1-29(27,28)13-4-2-3-11(9-13)22-17-14(16(20)26)23-15(19)18(24-17)21-10-5-7-12(25)8-6-10/h2-4,9-10,12,25H,5-8H2,1H3,(H2,20,26)(H2,21,22,24). The maximum absolute atomic E-state index is 11.8. The Morgan fingerprint density at radius 2 is 1.90 bits per heavy atom. The van der Waals surface area contributed by atoms with Crippen molar-refractivity contribution in [2.45, 2.75) is 42.7 Å². The van der Waals surface area contributed by atoms with Crippen LogP contribution in [-0.4, -0.2) is 47.8 Å². The summed E-state index contributed by atoms with van der Waals surface area (Å²) in [7, 11) is -3.40. The number of aromatic nitrogens is 2. The third kappa shape index (κ3) is 5.34. The highest BCUT2D eigenvalue weighted by molar-refractivity contribution is 7.90. The molecule has 156 valence electrons. The first-order chi connectivity index (χ1) is 13.6. The normalized spacial score (nSPS) is 19.6. The molecule has 1 heterocycles. The predicted octanol–water partition coefficient (Wildman–Crippen LogP) is 2.09. The first-order valence-corrected chi connectivity index (χ1v) is 11.3. The van der Waals surface area contributed by atoms with Gasteiger partial charge in [0.05, 0.1) is 11.0 Å². The van der Waals surface area contributed by atoms with Crippen molar-refractivity contribution in [1.82, 2.24) is 9.97 Å². The van der Waals surface area contributed by atoms with Crippen molar-refractivity contribution in [2.75, 3.05) is 16.9 Å². The molecule has 9 nitrogen and oxygen atoms in total. The van der Waals surface area contributed by atoms with E-state index in [-0.39, 0.29) is 39.5 Å². The Morgan fingerprint density at radius 1 is 1.21 bits per heavy atom. The van der Waals surface area contributed by atoms with Gasteiger partial charge in [0, 0.05) is 18.0 Å². The Hall–Kier alpha value is -2.43. The van der Waals surface area contributed by atoms with Gasteiger partial charge in [0.15, 0.2) is 32.3 Å². The Balaban J connectivity index is 1.91. The number of anilines is 3. The Labute approximate surface area is 173 Å². The van der Waals surface area contributed by atoms with E-state index in [9.17, 15) is 18.3 Å². The van der Waals surface area contributed by atoms with E-state index >= 15 is 0 Å². The average molecular weight is 440 g/mol. The molecule has 5 N–H and O–H groups in total. The van der Waals surface area contributed by atoms with E-state index in [4.69, 9.17) is 17.3 Å². The first-order valence-electron chi connectivity index (χ1n) is 9.02. The number of rotatable bonds is 6. The first kappa shape index (κ1) is 21.3. The van der Waals surface area contributed by atoms with E-state index in [1.165, 1.54) is 12.1 Å². The van der Waals surface area contributed by atoms with Crippen molar-refractivity contribution < 1.29 is 18.3 Å². The number of halogens is 1. The number of sulfone groups is 1. The van der Waals surface area contributed by atoms with Crippen LogP contribution < -0.4 is 16.4 Å². The van der Waals surface area contributed by atoms with Gasteiger partial charge in [-0.1, -0.05) is 17.7 Å². The van der Waals surface area contributed by atoms with Crippen LogP contribution in [0.2, 0.25) is 5.15 Å². The van der Waals surface area contributed by atoms with Gasteiger partial charge in [-0.2, -0.15) is 0 Å². The van der Waals surface area contributed by atoms with E-state index in [0.717, 1.165) is 19.1 Å². The van der Waals surface area contributed by atoms with Gasteiger partial charge in [0.25, 0.3) is 5.91 Å². The number of nitrogens with one attached hydrogen (secondary N) is 2. The second kappa shape index (κ2) is 8.52. The van der Waals surface area contributed by atoms with Crippen LogP contribution in [0.5, 0.6) is 0 Å². The highest BCUT2D eigenvalue weighted by Gasteiger charge is 2.23. The van der Waals surface area contributed by atoms with Crippen molar-refractivity contribution in [2.24, 2.45) is 5.73 Å². The van der Waals surface area contributed by atoms with E-state index in [2.05, 4.69) is 20.6 Å². The van der Waals surface area contributed by atoms with Crippen LogP contribution >= 0.6 is 11.6 Å². The minimum Gasteiger partial charge on any atom is -0.393 e. The van der Waals surface area contributed by atoms with Crippen molar-refractivity contribution in [1.29, 1.82) is 0 Å². The fourth-order valence-corrected chi connectivity index (χ4v) is 3.97. The van der Waals surface area contributed by atoms with Gasteiger partial charge in [-0.05, 0) is 43.9 Å². The summed E-state index contributed by atoms with van der Waals surface area (Å²) in [6, 6.07) is 6.15. The quantitative estimate of drug-likeness (QED) is 0.534. The number of nitrogens with two attached hydrogens (primary N) is 1. The molecule has 1 aliphatic rings. The number of benzene rings is 1. The minimum atomic E-state index is -3.40. The van der Waals surface area contributed by atoms with Gasteiger partial charge in [-0.25, -0.2) is 18.4 Å². The summed E-state index contributed by atoms with van der Waals surface area (Å²) in [6.07, 6.45) is 3.64. The molecule has 0 aliphatic heterocycles. The average Bonchev–Trinajstić information content (AvgIpc) is 2.65. The molecule has 11 heteroatoms. The van der Waals surface area contributed by atoms with E-state index < -0.39 is 15.7 Å². The molecule has 0 bridgehead atoms. The maximum Gasteiger partial charge on any atom is 0.271 e. The van der Waals surface area contributed by atoms with Crippen LogP contribution in [0, 0.1) is 0 Å². The van der Waals surface area contributed by atoms with E-state index in [1.54, 1.807) is 12.1 Å². The van der Waals surface area contributed by atoms with E-state index in [1.807, 2.05) is 0 Å². The molecule has 0 spiro atoms. The third-order valence-corrected chi connectivity index (χ3v) is 6.02. The molecule has 29 heavy (non-hydrogen) atoms.